The Hall–Kier alpha value is -0.207. The van der Waals surface area contributed by atoms with Gasteiger partial charge in [0.05, 0.1) is 0 Å². The molecule has 2 rings (SSSR count). The molecule has 1 aromatic carbocycles. The van der Waals surface area contributed by atoms with E-state index in [0.29, 0.717) is 0 Å². The summed E-state index contributed by atoms with van der Waals surface area (Å²) >= 11 is -2.22. The zero-order valence-corrected chi connectivity index (χ0v) is 11.5. The Morgan fingerprint density at radius 2 is 1.50 bits per heavy atom. The minimum atomic E-state index is -2.22. The third-order valence-corrected chi connectivity index (χ3v) is 13.1. The van der Waals surface area contributed by atoms with Crippen LogP contribution in [0.1, 0.15) is 13.8 Å². The Morgan fingerprint density at radius 1 is 1.00 bits per heavy atom. The Kier molecular flexibility index (Phi) is 2.76. The standard InChI is InChI=1S/C12H15ClGe/c1-10-8-14(13,9-11(10)2)12-6-4-3-5-7-12/h3-7H,8-9H2,1-2H3. The number of hydrogen-bond acceptors (Lipinski definition) is 0. The van der Waals surface area contributed by atoms with Crippen LogP contribution in [0, 0.1) is 0 Å². The molecule has 1 aliphatic heterocycles. The second-order valence-electron chi connectivity index (χ2n) is 4.25. The molecule has 0 spiro atoms. The molecule has 0 unspecified atom stereocenters. The van der Waals surface area contributed by atoms with Crippen molar-refractivity contribution in [2.45, 2.75) is 24.4 Å². The molecule has 0 saturated carbocycles. The topological polar surface area (TPSA) is 0 Å². The molecule has 14 heavy (non-hydrogen) atoms. The molecular formula is C12H15ClGe. The first-order valence-corrected chi connectivity index (χ1v) is 11.8. The fourth-order valence-corrected chi connectivity index (χ4v) is 12.5. The maximum absolute atomic E-state index is 6.83. The number of benzene rings is 1. The van der Waals surface area contributed by atoms with Gasteiger partial charge >= 0.3 is 92.6 Å². The van der Waals surface area contributed by atoms with Crippen molar-refractivity contribution in [2.24, 2.45) is 0 Å². The van der Waals surface area contributed by atoms with Crippen LogP contribution >= 0.6 is 10.0 Å². The first-order chi connectivity index (χ1) is 6.62. The number of allylic oxidation sites excluding steroid dienone is 2. The van der Waals surface area contributed by atoms with Gasteiger partial charge in [-0.1, -0.05) is 0 Å². The first kappa shape index (κ1) is 10.3. The molecule has 1 aliphatic rings. The van der Waals surface area contributed by atoms with Crippen LogP contribution in [0.5, 0.6) is 0 Å². The second-order valence-corrected chi connectivity index (χ2v) is 14.8. The molecule has 0 aromatic heterocycles. The first-order valence-electron chi connectivity index (χ1n) is 5.01. The van der Waals surface area contributed by atoms with Crippen molar-refractivity contribution in [2.75, 3.05) is 0 Å². The van der Waals surface area contributed by atoms with Crippen LogP contribution in [0.25, 0.3) is 0 Å². The molecule has 74 valence electrons. The van der Waals surface area contributed by atoms with E-state index in [1.54, 1.807) is 0 Å². The third kappa shape index (κ3) is 1.78. The van der Waals surface area contributed by atoms with Crippen molar-refractivity contribution < 1.29 is 0 Å². The summed E-state index contributed by atoms with van der Waals surface area (Å²) in [6.07, 6.45) is 0. The molecule has 0 atom stereocenters. The predicted octanol–water partition coefficient (Wildman–Crippen LogP) is 3.43. The van der Waals surface area contributed by atoms with Gasteiger partial charge in [0, 0.05) is 0 Å². The second kappa shape index (κ2) is 3.75. The minimum absolute atomic E-state index is 1.18. The van der Waals surface area contributed by atoms with Crippen LogP contribution in [0.4, 0.5) is 0 Å². The van der Waals surface area contributed by atoms with Crippen LogP contribution in [0.15, 0.2) is 41.5 Å². The van der Waals surface area contributed by atoms with Crippen LogP contribution < -0.4 is 4.40 Å². The average Bonchev–Trinajstić information content (AvgIpc) is 2.44. The summed E-state index contributed by atoms with van der Waals surface area (Å²) in [5, 5.41) is 2.36. The predicted molar refractivity (Wildman–Crippen MR) is 65.7 cm³/mol. The Morgan fingerprint density at radius 3 is 2.00 bits per heavy atom. The maximum atomic E-state index is 6.83. The summed E-state index contributed by atoms with van der Waals surface area (Å²) in [6.45, 7) is 4.46. The van der Waals surface area contributed by atoms with E-state index in [4.69, 9.17) is 10.0 Å². The summed E-state index contributed by atoms with van der Waals surface area (Å²) in [4.78, 5) is 0. The Bertz CT molecular complexity index is 353. The third-order valence-electron chi connectivity index (χ3n) is 3.11. The number of halogens is 1. The van der Waals surface area contributed by atoms with Gasteiger partial charge in [0.15, 0.2) is 0 Å². The zero-order valence-electron chi connectivity index (χ0n) is 8.68. The molecular weight excluding hydrogens is 252 g/mol. The fraction of sp³-hybridized carbons (Fsp3) is 0.333. The van der Waals surface area contributed by atoms with Crippen molar-refractivity contribution in [3.05, 3.63) is 41.5 Å². The van der Waals surface area contributed by atoms with Gasteiger partial charge in [0.1, 0.15) is 0 Å². The van der Waals surface area contributed by atoms with Gasteiger partial charge in [-0.2, -0.15) is 0 Å². The van der Waals surface area contributed by atoms with E-state index in [1.165, 1.54) is 26.0 Å². The number of hydrogen-bond donors (Lipinski definition) is 0. The number of rotatable bonds is 1. The summed E-state index contributed by atoms with van der Waals surface area (Å²) in [5.41, 5.74) is 3.06. The molecule has 2 heteroatoms. The van der Waals surface area contributed by atoms with Gasteiger partial charge < -0.3 is 0 Å². The summed E-state index contributed by atoms with van der Waals surface area (Å²) in [6, 6.07) is 10.7. The molecule has 1 aromatic rings. The SMILES string of the molecule is CC1=C(C)[CH2][Ge]([Cl])([c]2ccccc2)[CH2]1. The van der Waals surface area contributed by atoms with Gasteiger partial charge in [-0.25, -0.2) is 0 Å². The molecule has 0 bridgehead atoms. The Balaban J connectivity index is 2.30. The van der Waals surface area contributed by atoms with E-state index in [-0.39, 0.29) is 0 Å². The van der Waals surface area contributed by atoms with E-state index < -0.39 is 12.3 Å². The van der Waals surface area contributed by atoms with Crippen LogP contribution in [-0.2, 0) is 0 Å². The van der Waals surface area contributed by atoms with Gasteiger partial charge in [0.25, 0.3) is 0 Å². The van der Waals surface area contributed by atoms with Crippen LogP contribution in [0.3, 0.4) is 0 Å². The van der Waals surface area contributed by atoms with Gasteiger partial charge in [-0.3, -0.25) is 0 Å². The molecule has 0 radical (unpaired) electrons. The molecule has 0 saturated heterocycles. The van der Waals surface area contributed by atoms with Gasteiger partial charge in [0.2, 0.25) is 0 Å². The fourth-order valence-electron chi connectivity index (χ4n) is 2.15. The van der Waals surface area contributed by atoms with E-state index >= 15 is 0 Å². The van der Waals surface area contributed by atoms with E-state index in [1.807, 2.05) is 0 Å². The summed E-state index contributed by atoms with van der Waals surface area (Å²) < 4.78 is 1.44. The molecule has 0 nitrogen and oxygen atoms in total. The molecule has 1 heterocycles. The van der Waals surface area contributed by atoms with E-state index in [2.05, 4.69) is 44.2 Å². The van der Waals surface area contributed by atoms with E-state index in [0.717, 1.165) is 0 Å². The van der Waals surface area contributed by atoms with Crippen molar-refractivity contribution in [3.63, 3.8) is 0 Å². The van der Waals surface area contributed by atoms with E-state index in [9.17, 15) is 0 Å². The average molecular weight is 267 g/mol. The summed E-state index contributed by atoms with van der Waals surface area (Å²) in [7, 11) is 6.83. The van der Waals surface area contributed by atoms with Crippen molar-refractivity contribution >= 4 is 26.7 Å². The summed E-state index contributed by atoms with van der Waals surface area (Å²) in [5.74, 6) is 0. The molecule has 0 N–H and O–H groups in total. The monoisotopic (exact) mass is 268 g/mol. The Labute approximate surface area is 92.5 Å². The van der Waals surface area contributed by atoms with Crippen molar-refractivity contribution in [3.8, 4) is 0 Å². The van der Waals surface area contributed by atoms with Crippen molar-refractivity contribution in [1.82, 2.24) is 0 Å². The zero-order chi connectivity index (χ0) is 10.2. The van der Waals surface area contributed by atoms with Gasteiger partial charge in [-0.05, 0) is 0 Å². The quantitative estimate of drug-likeness (QED) is 0.540. The molecule has 0 fully saturated rings. The molecule has 0 aliphatic carbocycles. The molecule has 0 amide bonds. The van der Waals surface area contributed by atoms with Crippen molar-refractivity contribution in [1.29, 1.82) is 0 Å². The van der Waals surface area contributed by atoms with Crippen LogP contribution in [-0.4, -0.2) is 12.3 Å². The normalized spacial score (nSPS) is 20.2. The van der Waals surface area contributed by atoms with Gasteiger partial charge in [-0.15, -0.1) is 0 Å². The van der Waals surface area contributed by atoms with Crippen LogP contribution in [0.2, 0.25) is 10.5 Å².